The summed E-state index contributed by atoms with van der Waals surface area (Å²) >= 11 is 0. The van der Waals surface area contributed by atoms with Crippen molar-refractivity contribution in [3.63, 3.8) is 0 Å². The molecule has 0 aliphatic carbocycles. The summed E-state index contributed by atoms with van der Waals surface area (Å²) in [6, 6.07) is 11.2. The van der Waals surface area contributed by atoms with Crippen LogP contribution in [0.3, 0.4) is 0 Å². The van der Waals surface area contributed by atoms with Crippen LogP contribution in [-0.4, -0.2) is 37.2 Å². The lowest BCUT2D eigenvalue weighted by atomic mass is 10.1. The van der Waals surface area contributed by atoms with E-state index in [1.807, 2.05) is 56.3 Å². The van der Waals surface area contributed by atoms with Crippen molar-refractivity contribution < 1.29 is 14.3 Å². The molecule has 1 aromatic heterocycles. The number of para-hydroxylation sites is 2. The molecule has 0 saturated heterocycles. The van der Waals surface area contributed by atoms with Gasteiger partial charge in [0.2, 0.25) is 6.10 Å². The lowest BCUT2D eigenvalue weighted by Crippen LogP contribution is -2.48. The zero-order valence-electron chi connectivity index (χ0n) is 14.0. The van der Waals surface area contributed by atoms with Crippen LogP contribution in [0.5, 0.6) is 11.5 Å². The van der Waals surface area contributed by atoms with Gasteiger partial charge in [-0.05, 0) is 25.1 Å². The standard InChI is InChI=1S/C18H21N3O3/c1-12-16(24-15-9-5-4-8-14(15)23-12)18(22)20-11-13-7-6-10-19-17(13)21(2)3/h4-10,12,16H,11H2,1-3H3,(H,20,22). The van der Waals surface area contributed by atoms with Gasteiger partial charge >= 0.3 is 0 Å². The number of rotatable bonds is 4. The van der Waals surface area contributed by atoms with E-state index in [9.17, 15) is 4.79 Å². The molecule has 0 radical (unpaired) electrons. The number of nitrogens with zero attached hydrogens (tertiary/aromatic N) is 2. The molecule has 2 unspecified atom stereocenters. The first-order valence-electron chi connectivity index (χ1n) is 7.87. The normalized spacial score (nSPS) is 18.8. The Morgan fingerprint density at radius 1 is 1.17 bits per heavy atom. The molecule has 126 valence electrons. The number of benzene rings is 1. The van der Waals surface area contributed by atoms with Crippen molar-refractivity contribution >= 4 is 11.7 Å². The average molecular weight is 327 g/mol. The van der Waals surface area contributed by atoms with Crippen molar-refractivity contribution in [1.82, 2.24) is 10.3 Å². The summed E-state index contributed by atoms with van der Waals surface area (Å²) in [6.45, 7) is 2.21. The number of aromatic nitrogens is 1. The van der Waals surface area contributed by atoms with Gasteiger partial charge in [0, 0.05) is 32.4 Å². The number of hydrogen-bond donors (Lipinski definition) is 1. The van der Waals surface area contributed by atoms with E-state index in [1.54, 1.807) is 12.3 Å². The lowest BCUT2D eigenvalue weighted by molar-refractivity contribution is -0.133. The summed E-state index contributed by atoms with van der Waals surface area (Å²) in [7, 11) is 3.84. The fraction of sp³-hybridized carbons (Fsp3) is 0.333. The summed E-state index contributed by atoms with van der Waals surface area (Å²) in [5.74, 6) is 1.88. The molecule has 2 heterocycles. The first-order valence-corrected chi connectivity index (χ1v) is 7.87. The Hall–Kier alpha value is -2.76. The van der Waals surface area contributed by atoms with E-state index >= 15 is 0 Å². The SMILES string of the molecule is CC1Oc2ccccc2OC1C(=O)NCc1cccnc1N(C)C. The topological polar surface area (TPSA) is 63.7 Å². The van der Waals surface area contributed by atoms with Crippen molar-refractivity contribution in [2.75, 3.05) is 19.0 Å². The molecule has 1 aliphatic rings. The van der Waals surface area contributed by atoms with E-state index in [0.717, 1.165) is 11.4 Å². The highest BCUT2D eigenvalue weighted by Gasteiger charge is 2.33. The Morgan fingerprint density at radius 3 is 2.58 bits per heavy atom. The predicted molar refractivity (Wildman–Crippen MR) is 91.4 cm³/mol. The number of anilines is 1. The Bertz CT molecular complexity index is 733. The second-order valence-electron chi connectivity index (χ2n) is 5.91. The Kier molecular flexibility index (Phi) is 4.55. The molecule has 0 bridgehead atoms. The summed E-state index contributed by atoms with van der Waals surface area (Å²) in [5.41, 5.74) is 0.945. The third kappa shape index (κ3) is 3.27. The van der Waals surface area contributed by atoms with Crippen molar-refractivity contribution in [1.29, 1.82) is 0 Å². The van der Waals surface area contributed by atoms with Gasteiger partial charge < -0.3 is 19.7 Å². The van der Waals surface area contributed by atoms with Gasteiger partial charge in [-0.3, -0.25) is 4.79 Å². The van der Waals surface area contributed by atoms with Gasteiger partial charge in [0.15, 0.2) is 11.5 Å². The maximum Gasteiger partial charge on any atom is 0.265 e. The van der Waals surface area contributed by atoms with Crippen molar-refractivity contribution in [3.05, 3.63) is 48.2 Å². The second-order valence-corrected chi connectivity index (χ2v) is 5.91. The zero-order chi connectivity index (χ0) is 17.1. The molecule has 0 fully saturated rings. The number of amides is 1. The molecule has 0 spiro atoms. The minimum Gasteiger partial charge on any atom is -0.482 e. The largest absolute Gasteiger partial charge is 0.482 e. The molecule has 1 aliphatic heterocycles. The molecule has 1 amide bonds. The van der Waals surface area contributed by atoms with Crippen LogP contribution in [0.1, 0.15) is 12.5 Å². The number of carbonyl (C=O) groups is 1. The zero-order valence-corrected chi connectivity index (χ0v) is 14.0. The Morgan fingerprint density at radius 2 is 1.88 bits per heavy atom. The third-order valence-corrected chi connectivity index (χ3v) is 3.84. The molecule has 2 aromatic rings. The minimum absolute atomic E-state index is 0.203. The van der Waals surface area contributed by atoms with E-state index in [-0.39, 0.29) is 12.0 Å². The Labute approximate surface area is 141 Å². The number of fused-ring (bicyclic) bond motifs is 1. The highest BCUT2D eigenvalue weighted by Crippen LogP contribution is 2.33. The predicted octanol–water partition coefficient (Wildman–Crippen LogP) is 1.99. The number of ether oxygens (including phenoxy) is 2. The minimum atomic E-state index is -0.681. The van der Waals surface area contributed by atoms with Crippen LogP contribution in [0.15, 0.2) is 42.6 Å². The van der Waals surface area contributed by atoms with Crippen LogP contribution in [0.4, 0.5) is 5.82 Å². The second kappa shape index (κ2) is 6.78. The first-order chi connectivity index (χ1) is 11.6. The third-order valence-electron chi connectivity index (χ3n) is 3.84. The van der Waals surface area contributed by atoms with Crippen LogP contribution < -0.4 is 19.7 Å². The van der Waals surface area contributed by atoms with Crippen LogP contribution in [0, 0.1) is 0 Å². The van der Waals surface area contributed by atoms with Crippen molar-refractivity contribution in [2.45, 2.75) is 25.7 Å². The lowest BCUT2D eigenvalue weighted by Gasteiger charge is -2.31. The molecule has 24 heavy (non-hydrogen) atoms. The molecule has 2 atom stereocenters. The molecule has 1 aromatic carbocycles. The average Bonchev–Trinajstić information content (AvgIpc) is 2.59. The monoisotopic (exact) mass is 327 g/mol. The van der Waals surface area contributed by atoms with Crippen LogP contribution >= 0.6 is 0 Å². The highest BCUT2D eigenvalue weighted by molar-refractivity contribution is 5.82. The van der Waals surface area contributed by atoms with Crippen LogP contribution in [0.2, 0.25) is 0 Å². The fourth-order valence-electron chi connectivity index (χ4n) is 2.66. The van der Waals surface area contributed by atoms with E-state index < -0.39 is 6.10 Å². The van der Waals surface area contributed by atoms with Gasteiger partial charge in [0.1, 0.15) is 11.9 Å². The van der Waals surface area contributed by atoms with Gasteiger partial charge in [-0.2, -0.15) is 0 Å². The van der Waals surface area contributed by atoms with Crippen LogP contribution in [0.25, 0.3) is 0 Å². The summed E-state index contributed by atoms with van der Waals surface area (Å²) in [6.07, 6.45) is 0.694. The summed E-state index contributed by atoms with van der Waals surface area (Å²) < 4.78 is 11.6. The van der Waals surface area contributed by atoms with Gasteiger partial charge in [0.25, 0.3) is 5.91 Å². The number of nitrogens with one attached hydrogen (secondary N) is 1. The maximum atomic E-state index is 12.5. The smallest absolute Gasteiger partial charge is 0.265 e. The van der Waals surface area contributed by atoms with Crippen molar-refractivity contribution in [3.8, 4) is 11.5 Å². The fourth-order valence-corrected chi connectivity index (χ4v) is 2.66. The Balaban J connectivity index is 1.68. The number of pyridine rings is 1. The van der Waals surface area contributed by atoms with E-state index in [4.69, 9.17) is 9.47 Å². The van der Waals surface area contributed by atoms with Gasteiger partial charge in [-0.1, -0.05) is 18.2 Å². The molecule has 6 nitrogen and oxygen atoms in total. The quantitative estimate of drug-likeness (QED) is 0.930. The number of hydrogen-bond acceptors (Lipinski definition) is 5. The molecular formula is C18H21N3O3. The van der Waals surface area contributed by atoms with Crippen molar-refractivity contribution in [2.24, 2.45) is 0 Å². The molecule has 0 saturated carbocycles. The maximum absolute atomic E-state index is 12.5. The van der Waals surface area contributed by atoms with E-state index in [0.29, 0.717) is 18.0 Å². The van der Waals surface area contributed by atoms with Gasteiger partial charge in [-0.25, -0.2) is 4.98 Å². The highest BCUT2D eigenvalue weighted by atomic mass is 16.6. The van der Waals surface area contributed by atoms with Crippen LogP contribution in [-0.2, 0) is 11.3 Å². The molecule has 3 rings (SSSR count). The van der Waals surface area contributed by atoms with Gasteiger partial charge in [0.05, 0.1) is 0 Å². The summed E-state index contributed by atoms with van der Waals surface area (Å²) in [4.78, 5) is 18.8. The summed E-state index contributed by atoms with van der Waals surface area (Å²) in [5, 5.41) is 2.91. The van der Waals surface area contributed by atoms with E-state index in [2.05, 4.69) is 10.3 Å². The first kappa shape index (κ1) is 16.1. The molecular weight excluding hydrogens is 306 g/mol. The molecule has 6 heteroatoms. The molecule has 1 N–H and O–H groups in total. The number of carbonyl (C=O) groups excluding carboxylic acids is 1. The van der Waals surface area contributed by atoms with Gasteiger partial charge in [-0.15, -0.1) is 0 Å². The van der Waals surface area contributed by atoms with E-state index in [1.165, 1.54) is 0 Å².